The van der Waals surface area contributed by atoms with Gasteiger partial charge >= 0.3 is 12.1 Å². The number of carbonyl (C=O) groups excluding carboxylic acids is 2. The Bertz CT molecular complexity index is 1540. The molecule has 0 unspecified atom stereocenters. The molecule has 3 aromatic heterocycles. The van der Waals surface area contributed by atoms with Crippen LogP contribution in [0.15, 0.2) is 59.1 Å². The van der Waals surface area contributed by atoms with Crippen molar-refractivity contribution in [1.82, 2.24) is 24.5 Å². The van der Waals surface area contributed by atoms with Gasteiger partial charge in [0.25, 0.3) is 11.5 Å². The van der Waals surface area contributed by atoms with Gasteiger partial charge < -0.3 is 15.4 Å². The molecule has 2 N–H and O–H groups in total. The predicted molar refractivity (Wildman–Crippen MR) is 132 cm³/mol. The van der Waals surface area contributed by atoms with Crippen molar-refractivity contribution in [3.05, 3.63) is 70.4 Å². The van der Waals surface area contributed by atoms with Crippen molar-refractivity contribution >= 4 is 34.4 Å². The van der Waals surface area contributed by atoms with Crippen LogP contribution in [0, 0.1) is 0 Å². The van der Waals surface area contributed by atoms with E-state index in [0.717, 1.165) is 10.1 Å². The number of thiazole rings is 1. The van der Waals surface area contributed by atoms with Gasteiger partial charge in [-0.1, -0.05) is 30.3 Å². The van der Waals surface area contributed by atoms with Gasteiger partial charge in [-0.25, -0.2) is 14.3 Å². The summed E-state index contributed by atoms with van der Waals surface area (Å²) in [6.07, 6.45) is -2.37. The quantitative estimate of drug-likeness (QED) is 0.357. The fourth-order valence-electron chi connectivity index (χ4n) is 4.23. The Morgan fingerprint density at radius 2 is 1.92 bits per heavy atom. The Morgan fingerprint density at radius 1 is 1.18 bits per heavy atom. The third kappa shape index (κ3) is 5.31. The normalized spacial score (nSPS) is 15.3. The van der Waals surface area contributed by atoms with Gasteiger partial charge in [0.05, 0.1) is 18.4 Å². The van der Waals surface area contributed by atoms with Gasteiger partial charge in [0.1, 0.15) is 28.1 Å². The summed E-state index contributed by atoms with van der Waals surface area (Å²) in [6, 6.07) is 10.8. The van der Waals surface area contributed by atoms with E-state index in [4.69, 9.17) is 4.74 Å². The topological polar surface area (TPSA) is 120 Å². The summed E-state index contributed by atoms with van der Waals surface area (Å²) in [5.41, 5.74) is -0.644. The molecule has 1 fully saturated rings. The van der Waals surface area contributed by atoms with Crippen LogP contribution in [-0.2, 0) is 16.1 Å². The highest BCUT2D eigenvalue weighted by Gasteiger charge is 2.47. The number of esters is 1. The number of piperidine rings is 1. The zero-order valence-electron chi connectivity index (χ0n) is 19.7. The molecule has 0 saturated carbocycles. The molecule has 0 aliphatic carbocycles. The molecule has 1 aliphatic heterocycles. The number of nitrogens with zero attached hydrogens (tertiary/aromatic N) is 4. The third-order valence-corrected chi connectivity index (χ3v) is 7.02. The Morgan fingerprint density at radius 3 is 2.63 bits per heavy atom. The SMILES string of the molecule is O=C(Nc1cc2c(=O)n(CC3(OC(=O)C(F)(F)F)CCNCC3)cnn2c1)c1csc(-c2ccccc2)n1. The summed E-state index contributed by atoms with van der Waals surface area (Å²) in [6.45, 7) is 0.339. The van der Waals surface area contributed by atoms with Crippen molar-refractivity contribution in [2.45, 2.75) is 31.2 Å². The van der Waals surface area contributed by atoms with Gasteiger partial charge in [-0.3, -0.25) is 14.2 Å². The van der Waals surface area contributed by atoms with Crippen LogP contribution in [-0.4, -0.2) is 55.9 Å². The molecule has 1 aliphatic rings. The van der Waals surface area contributed by atoms with E-state index in [2.05, 4.69) is 20.7 Å². The number of anilines is 1. The van der Waals surface area contributed by atoms with Crippen LogP contribution in [0.2, 0.25) is 0 Å². The fraction of sp³-hybridized carbons (Fsp3) is 0.292. The number of nitrogens with one attached hydrogen (secondary N) is 2. The van der Waals surface area contributed by atoms with Crippen LogP contribution in [0.25, 0.3) is 16.1 Å². The molecule has 4 heterocycles. The summed E-state index contributed by atoms with van der Waals surface area (Å²) < 4.78 is 46.0. The average Bonchev–Trinajstić information content (AvgIpc) is 3.54. The number of fused-ring (bicyclic) bond motifs is 1. The van der Waals surface area contributed by atoms with E-state index in [1.54, 1.807) is 5.38 Å². The molecule has 5 rings (SSSR count). The first-order valence-corrected chi connectivity index (χ1v) is 12.4. The van der Waals surface area contributed by atoms with Crippen LogP contribution in [0.5, 0.6) is 0 Å². The average molecular weight is 547 g/mol. The van der Waals surface area contributed by atoms with Crippen molar-refractivity contribution in [2.75, 3.05) is 18.4 Å². The molecule has 10 nitrogen and oxygen atoms in total. The molecular weight excluding hydrogens is 525 g/mol. The smallest absolute Gasteiger partial charge is 0.450 e. The van der Waals surface area contributed by atoms with Crippen molar-refractivity contribution in [3.63, 3.8) is 0 Å². The molecule has 4 aromatic rings. The molecule has 198 valence electrons. The first kappa shape index (κ1) is 25.6. The monoisotopic (exact) mass is 546 g/mol. The summed E-state index contributed by atoms with van der Waals surface area (Å²) in [4.78, 5) is 41.9. The lowest BCUT2D eigenvalue weighted by Gasteiger charge is -2.37. The largest absolute Gasteiger partial charge is 0.490 e. The van der Waals surface area contributed by atoms with E-state index < -0.39 is 29.2 Å². The molecule has 0 spiro atoms. The van der Waals surface area contributed by atoms with E-state index in [9.17, 15) is 27.6 Å². The number of benzene rings is 1. The van der Waals surface area contributed by atoms with Crippen molar-refractivity contribution in [2.24, 2.45) is 0 Å². The molecule has 38 heavy (non-hydrogen) atoms. The molecule has 1 saturated heterocycles. The number of rotatable bonds is 6. The standard InChI is InChI=1S/C24H21F3N6O4S/c25-24(26,27)22(36)37-23(6-8-28-9-7-23)13-32-14-29-33-11-16(10-18(33)21(32)35)30-19(34)17-12-38-20(31-17)15-4-2-1-3-5-15/h1-5,10-12,14,28H,6-9,13H2,(H,30,34). The second-order valence-corrected chi connectivity index (χ2v) is 9.66. The highest BCUT2D eigenvalue weighted by Crippen LogP contribution is 2.29. The molecule has 1 aromatic carbocycles. The van der Waals surface area contributed by atoms with Gasteiger partial charge in [0.2, 0.25) is 0 Å². The lowest BCUT2D eigenvalue weighted by atomic mass is 9.91. The van der Waals surface area contributed by atoms with Gasteiger partial charge in [0, 0.05) is 23.8 Å². The number of hydrogen-bond acceptors (Lipinski definition) is 8. The van der Waals surface area contributed by atoms with E-state index in [1.807, 2.05) is 30.3 Å². The van der Waals surface area contributed by atoms with Crippen molar-refractivity contribution in [1.29, 1.82) is 0 Å². The maximum atomic E-state index is 13.2. The second-order valence-electron chi connectivity index (χ2n) is 8.80. The minimum absolute atomic E-state index is 0.0808. The minimum Gasteiger partial charge on any atom is -0.450 e. The number of alkyl halides is 3. The number of amides is 1. The van der Waals surface area contributed by atoms with Gasteiger partial charge in [-0.2, -0.15) is 18.3 Å². The zero-order chi connectivity index (χ0) is 26.9. The Labute approximate surface area is 217 Å². The van der Waals surface area contributed by atoms with Crippen LogP contribution in [0.1, 0.15) is 23.3 Å². The van der Waals surface area contributed by atoms with Gasteiger partial charge in [0.15, 0.2) is 0 Å². The predicted octanol–water partition coefficient (Wildman–Crippen LogP) is 3.10. The summed E-state index contributed by atoms with van der Waals surface area (Å²) in [7, 11) is 0. The molecular formula is C24H21F3N6O4S. The van der Waals surface area contributed by atoms with Crippen LogP contribution >= 0.6 is 11.3 Å². The van der Waals surface area contributed by atoms with E-state index in [1.165, 1.54) is 34.4 Å². The molecule has 0 radical (unpaired) electrons. The second kappa shape index (κ2) is 10.0. The van der Waals surface area contributed by atoms with Gasteiger partial charge in [-0.15, -0.1) is 11.3 Å². The highest BCUT2D eigenvalue weighted by molar-refractivity contribution is 7.13. The Kier molecular flexibility index (Phi) is 6.75. The van der Waals surface area contributed by atoms with E-state index >= 15 is 0 Å². The maximum Gasteiger partial charge on any atom is 0.490 e. The molecule has 14 heteroatoms. The maximum absolute atomic E-state index is 13.2. The first-order chi connectivity index (χ1) is 18.1. The molecule has 0 bridgehead atoms. The number of carbonyl (C=O) groups is 2. The Hall–Kier alpha value is -4.04. The first-order valence-electron chi connectivity index (χ1n) is 11.5. The summed E-state index contributed by atoms with van der Waals surface area (Å²) >= 11 is 1.32. The van der Waals surface area contributed by atoms with Crippen molar-refractivity contribution in [3.8, 4) is 10.6 Å². The zero-order valence-corrected chi connectivity index (χ0v) is 20.5. The number of ether oxygens (including phenoxy) is 1. The molecule has 0 atom stereocenters. The summed E-state index contributed by atoms with van der Waals surface area (Å²) in [5.74, 6) is -2.78. The third-order valence-electron chi connectivity index (χ3n) is 6.13. The fourth-order valence-corrected chi connectivity index (χ4v) is 5.04. The lowest BCUT2D eigenvalue weighted by Crippen LogP contribution is -2.51. The number of hydrogen-bond donors (Lipinski definition) is 2. The summed E-state index contributed by atoms with van der Waals surface area (Å²) in [5, 5.41) is 12.1. The van der Waals surface area contributed by atoms with Crippen molar-refractivity contribution < 1.29 is 27.5 Å². The molecule has 1 amide bonds. The lowest BCUT2D eigenvalue weighted by molar-refractivity contribution is -0.217. The number of aromatic nitrogens is 4. The Balaban J connectivity index is 1.36. The number of halogens is 3. The van der Waals surface area contributed by atoms with Crippen LogP contribution in [0.4, 0.5) is 18.9 Å². The van der Waals surface area contributed by atoms with E-state index in [-0.39, 0.29) is 36.3 Å². The highest BCUT2D eigenvalue weighted by atomic mass is 32.1. The van der Waals surface area contributed by atoms with E-state index in [0.29, 0.717) is 18.1 Å². The van der Waals surface area contributed by atoms with Crippen LogP contribution < -0.4 is 16.2 Å². The van der Waals surface area contributed by atoms with Gasteiger partial charge in [-0.05, 0) is 19.2 Å². The van der Waals surface area contributed by atoms with Crippen LogP contribution in [0.3, 0.4) is 0 Å². The minimum atomic E-state index is -5.15.